The number of carbonyl (C=O) groups excluding carboxylic acids is 2. The summed E-state index contributed by atoms with van der Waals surface area (Å²) in [5.41, 5.74) is -0.319. The van der Waals surface area contributed by atoms with Crippen molar-refractivity contribution in [1.82, 2.24) is 19.4 Å². The number of aromatic nitrogens is 2. The number of fused-ring (bicyclic) bond motifs is 1. The Morgan fingerprint density at radius 3 is 2.25 bits per heavy atom. The van der Waals surface area contributed by atoms with Gasteiger partial charge in [0.05, 0.1) is 17.5 Å². The maximum atomic E-state index is 14.7. The zero-order valence-corrected chi connectivity index (χ0v) is 19.7. The van der Waals surface area contributed by atoms with E-state index >= 15 is 0 Å². The lowest BCUT2D eigenvalue weighted by atomic mass is 10.1. The average molecular weight is 511 g/mol. The van der Waals surface area contributed by atoms with E-state index in [1.165, 1.54) is 63.3 Å². The van der Waals surface area contributed by atoms with Crippen LogP contribution in [0.2, 0.25) is 0 Å². The molecule has 184 valence electrons. The molecular formula is C25H20F2N4O4S. The molecule has 2 amide bonds. The van der Waals surface area contributed by atoms with Gasteiger partial charge in [0, 0.05) is 31.7 Å². The number of nitrogens with one attached hydrogen (secondary N) is 1. The summed E-state index contributed by atoms with van der Waals surface area (Å²) in [4.78, 5) is 56.0. The van der Waals surface area contributed by atoms with E-state index in [4.69, 9.17) is 0 Å². The normalized spacial score (nSPS) is 13.8. The molecule has 1 aliphatic heterocycles. The van der Waals surface area contributed by atoms with Crippen molar-refractivity contribution in [2.75, 3.05) is 26.2 Å². The zero-order chi connectivity index (χ0) is 25.4. The van der Waals surface area contributed by atoms with E-state index in [0.717, 1.165) is 0 Å². The smallest absolute Gasteiger partial charge is 0.329 e. The number of amides is 2. The number of hydrogen-bond acceptors (Lipinski definition) is 5. The molecule has 0 unspecified atom stereocenters. The van der Waals surface area contributed by atoms with Crippen molar-refractivity contribution in [3.63, 3.8) is 0 Å². The average Bonchev–Trinajstić information content (AvgIpc) is 3.38. The summed E-state index contributed by atoms with van der Waals surface area (Å²) in [6.45, 7) is 0.987. The Morgan fingerprint density at radius 1 is 0.889 bits per heavy atom. The summed E-state index contributed by atoms with van der Waals surface area (Å²) in [5.74, 6) is -1.90. The Labute approximate surface area is 207 Å². The van der Waals surface area contributed by atoms with Gasteiger partial charge in [-0.15, -0.1) is 11.3 Å². The summed E-state index contributed by atoms with van der Waals surface area (Å²) in [5, 5.41) is 2.08. The van der Waals surface area contributed by atoms with Crippen molar-refractivity contribution >= 4 is 33.4 Å². The van der Waals surface area contributed by atoms with Crippen LogP contribution in [0.5, 0.6) is 0 Å². The largest absolute Gasteiger partial charge is 0.335 e. The highest BCUT2D eigenvalue weighted by molar-refractivity contribution is 7.16. The molecule has 11 heteroatoms. The van der Waals surface area contributed by atoms with Crippen LogP contribution in [0, 0.1) is 11.6 Å². The first kappa shape index (κ1) is 23.6. The maximum Gasteiger partial charge on any atom is 0.329 e. The first-order valence-corrected chi connectivity index (χ1v) is 12.0. The molecule has 0 atom stereocenters. The van der Waals surface area contributed by atoms with Crippen LogP contribution in [0.15, 0.2) is 63.5 Å². The van der Waals surface area contributed by atoms with E-state index in [1.807, 2.05) is 0 Å². The van der Waals surface area contributed by atoms with Crippen molar-refractivity contribution in [2.45, 2.75) is 6.54 Å². The number of hydrogen-bond donors (Lipinski definition) is 1. The number of rotatable bonds is 4. The summed E-state index contributed by atoms with van der Waals surface area (Å²) >= 11 is 1.24. The highest BCUT2D eigenvalue weighted by Gasteiger charge is 2.27. The van der Waals surface area contributed by atoms with Crippen molar-refractivity contribution in [3.05, 3.63) is 103 Å². The third-order valence-electron chi connectivity index (χ3n) is 6.15. The Balaban J connectivity index is 1.32. The molecule has 8 nitrogen and oxygen atoms in total. The van der Waals surface area contributed by atoms with Crippen LogP contribution in [-0.4, -0.2) is 57.3 Å². The molecule has 0 radical (unpaired) electrons. The Bertz CT molecular complexity index is 1580. The molecule has 1 aliphatic rings. The fraction of sp³-hybridized carbons (Fsp3) is 0.200. The first-order chi connectivity index (χ1) is 17.3. The number of H-pyrrole nitrogens is 1. The van der Waals surface area contributed by atoms with E-state index in [1.54, 1.807) is 16.3 Å². The van der Waals surface area contributed by atoms with Gasteiger partial charge in [-0.25, -0.2) is 13.6 Å². The minimum Gasteiger partial charge on any atom is -0.335 e. The van der Waals surface area contributed by atoms with Crippen molar-refractivity contribution in [1.29, 1.82) is 0 Å². The number of benzene rings is 2. The third-order valence-corrected chi connectivity index (χ3v) is 7.08. The molecule has 3 heterocycles. The molecule has 36 heavy (non-hydrogen) atoms. The minimum atomic E-state index is -0.691. The van der Waals surface area contributed by atoms with E-state index in [2.05, 4.69) is 4.98 Å². The lowest BCUT2D eigenvalue weighted by molar-refractivity contribution is 0.0532. The molecule has 2 aromatic carbocycles. The summed E-state index contributed by atoms with van der Waals surface area (Å²) < 4.78 is 29.2. The van der Waals surface area contributed by atoms with Gasteiger partial charge in [-0.2, -0.15) is 0 Å². The fourth-order valence-electron chi connectivity index (χ4n) is 4.23. The van der Waals surface area contributed by atoms with Crippen LogP contribution in [0.4, 0.5) is 8.78 Å². The molecule has 0 aliphatic carbocycles. The number of piperazine rings is 1. The van der Waals surface area contributed by atoms with Crippen molar-refractivity contribution in [2.24, 2.45) is 0 Å². The van der Waals surface area contributed by atoms with Gasteiger partial charge in [0.1, 0.15) is 16.5 Å². The van der Waals surface area contributed by atoms with E-state index < -0.39 is 28.8 Å². The van der Waals surface area contributed by atoms with Gasteiger partial charge in [-0.05, 0) is 53.4 Å². The van der Waals surface area contributed by atoms with E-state index in [0.29, 0.717) is 21.3 Å². The number of aromatic amines is 1. The minimum absolute atomic E-state index is 0.0487. The van der Waals surface area contributed by atoms with Crippen molar-refractivity contribution < 1.29 is 18.4 Å². The van der Waals surface area contributed by atoms with Crippen LogP contribution >= 0.6 is 11.3 Å². The second-order valence-corrected chi connectivity index (χ2v) is 9.28. The number of carbonyl (C=O) groups is 2. The molecule has 5 rings (SSSR count). The van der Waals surface area contributed by atoms with Crippen LogP contribution in [0.1, 0.15) is 26.3 Å². The van der Waals surface area contributed by atoms with Gasteiger partial charge in [0.25, 0.3) is 17.4 Å². The van der Waals surface area contributed by atoms with Gasteiger partial charge in [0.2, 0.25) is 0 Å². The van der Waals surface area contributed by atoms with Gasteiger partial charge in [0.15, 0.2) is 0 Å². The second kappa shape index (κ2) is 9.50. The number of thiophene rings is 1. The van der Waals surface area contributed by atoms with Crippen LogP contribution in [-0.2, 0) is 6.54 Å². The topological polar surface area (TPSA) is 95.5 Å². The van der Waals surface area contributed by atoms with E-state index in [-0.39, 0.29) is 44.2 Å². The lowest BCUT2D eigenvalue weighted by Gasteiger charge is -2.35. The molecule has 1 saturated heterocycles. The Morgan fingerprint density at radius 2 is 1.56 bits per heavy atom. The van der Waals surface area contributed by atoms with Gasteiger partial charge in [-0.3, -0.25) is 23.9 Å². The summed E-state index contributed by atoms with van der Waals surface area (Å²) in [6.07, 6.45) is 0. The van der Waals surface area contributed by atoms with Crippen LogP contribution in [0.3, 0.4) is 0 Å². The second-order valence-electron chi connectivity index (χ2n) is 8.39. The summed E-state index contributed by atoms with van der Waals surface area (Å²) in [6, 6.07) is 10.9. The molecule has 0 bridgehead atoms. The zero-order valence-electron chi connectivity index (χ0n) is 18.9. The lowest BCUT2D eigenvalue weighted by Crippen LogP contribution is -2.50. The molecule has 4 aromatic rings. The highest BCUT2D eigenvalue weighted by atomic mass is 32.1. The molecule has 2 aromatic heterocycles. The standard InChI is InChI=1S/C25H20F2N4O4S/c26-17-4-2-16(3-5-17)22(33)29-8-10-30(11-9-29)23(34)19-13-15(1-6-20(19)27)14-31-24-18(7-12-36-24)21(32)28-25(31)35/h1-7,12-13H,8-11,14H2,(H,28,32,35). The molecule has 0 spiro atoms. The monoisotopic (exact) mass is 510 g/mol. The maximum absolute atomic E-state index is 14.7. The number of nitrogens with zero attached hydrogens (tertiary/aromatic N) is 3. The molecular weight excluding hydrogens is 490 g/mol. The predicted octanol–water partition coefficient (Wildman–Crippen LogP) is 2.68. The Hall–Kier alpha value is -4.12. The van der Waals surface area contributed by atoms with Crippen LogP contribution in [0.25, 0.3) is 10.2 Å². The molecule has 1 fully saturated rings. The number of halogens is 2. The highest BCUT2D eigenvalue weighted by Crippen LogP contribution is 2.19. The molecule has 0 saturated carbocycles. The summed E-state index contributed by atoms with van der Waals surface area (Å²) in [7, 11) is 0. The van der Waals surface area contributed by atoms with Gasteiger partial charge >= 0.3 is 5.69 Å². The molecule has 1 N–H and O–H groups in total. The van der Waals surface area contributed by atoms with Gasteiger partial charge in [-0.1, -0.05) is 6.07 Å². The quantitative estimate of drug-likeness (QED) is 0.457. The van der Waals surface area contributed by atoms with E-state index in [9.17, 15) is 28.0 Å². The third kappa shape index (κ3) is 4.44. The van der Waals surface area contributed by atoms with Crippen molar-refractivity contribution in [3.8, 4) is 0 Å². The van der Waals surface area contributed by atoms with Crippen LogP contribution < -0.4 is 11.2 Å². The SMILES string of the molecule is O=C(c1ccc(F)cc1)N1CCN(C(=O)c2cc(Cn3c(=O)[nH]c(=O)c4ccsc43)ccc2F)CC1. The fourth-order valence-corrected chi connectivity index (χ4v) is 5.12. The predicted molar refractivity (Wildman–Crippen MR) is 130 cm³/mol. The first-order valence-electron chi connectivity index (χ1n) is 11.1. The van der Waals surface area contributed by atoms with Gasteiger partial charge < -0.3 is 9.80 Å². The Kier molecular flexibility index (Phi) is 6.23.